The molecule has 0 aliphatic heterocycles. The number of amides is 1. The first kappa shape index (κ1) is 16.5. The molecule has 25 heavy (non-hydrogen) atoms. The van der Waals surface area contributed by atoms with Gasteiger partial charge in [0.1, 0.15) is 16.8 Å². The fraction of sp³-hybridized carbons (Fsp3) is 0.125. The summed E-state index contributed by atoms with van der Waals surface area (Å²) >= 11 is 1.22. The molecule has 0 saturated heterocycles. The second-order valence-electron chi connectivity index (χ2n) is 4.87. The van der Waals surface area contributed by atoms with E-state index in [1.165, 1.54) is 17.4 Å². The van der Waals surface area contributed by atoms with Crippen molar-refractivity contribution in [2.75, 3.05) is 11.9 Å². The van der Waals surface area contributed by atoms with Crippen LogP contribution >= 0.6 is 11.3 Å². The molecule has 0 aliphatic carbocycles. The van der Waals surface area contributed by atoms with Crippen LogP contribution in [0.1, 0.15) is 21.9 Å². The van der Waals surface area contributed by atoms with Gasteiger partial charge in [0.2, 0.25) is 5.76 Å². The molecule has 1 N–H and O–H groups in total. The van der Waals surface area contributed by atoms with E-state index in [0.717, 1.165) is 0 Å². The Balaban J connectivity index is 1.51. The molecule has 1 amide bonds. The summed E-state index contributed by atoms with van der Waals surface area (Å²) in [5, 5.41) is 17.5. The number of aromatic nitrogens is 2. The molecule has 3 rings (SSSR count). The van der Waals surface area contributed by atoms with E-state index in [9.17, 15) is 9.59 Å². The van der Waals surface area contributed by atoms with Crippen LogP contribution < -0.4 is 5.32 Å². The van der Waals surface area contributed by atoms with E-state index < -0.39 is 18.5 Å². The third-order valence-corrected chi connectivity index (χ3v) is 3.94. The summed E-state index contributed by atoms with van der Waals surface area (Å²) in [7, 11) is 0. The smallest absolute Gasteiger partial charge is 0.374 e. The van der Waals surface area contributed by atoms with Crippen molar-refractivity contribution in [2.45, 2.75) is 6.54 Å². The second kappa shape index (κ2) is 7.46. The monoisotopic (exact) mass is 356 g/mol. The van der Waals surface area contributed by atoms with Crippen LogP contribution in [0.4, 0.5) is 5.00 Å². The van der Waals surface area contributed by atoms with Crippen LogP contribution in [0.2, 0.25) is 0 Å². The highest BCUT2D eigenvalue weighted by molar-refractivity contribution is 7.14. The predicted octanol–water partition coefficient (Wildman–Crippen LogP) is 2.25. The van der Waals surface area contributed by atoms with Gasteiger partial charge in [-0.3, -0.25) is 9.48 Å². The van der Waals surface area contributed by atoms with Crippen LogP contribution in [0.5, 0.6) is 0 Å². The van der Waals surface area contributed by atoms with Gasteiger partial charge >= 0.3 is 5.97 Å². The number of carbonyl (C=O) groups is 2. The van der Waals surface area contributed by atoms with Gasteiger partial charge < -0.3 is 14.5 Å². The molecule has 3 heterocycles. The average molecular weight is 356 g/mol. The second-order valence-corrected chi connectivity index (χ2v) is 5.79. The minimum Gasteiger partial charge on any atom is -0.452 e. The normalized spacial score (nSPS) is 10.2. The van der Waals surface area contributed by atoms with Gasteiger partial charge in [-0.2, -0.15) is 10.4 Å². The molecule has 0 unspecified atom stereocenters. The maximum atomic E-state index is 11.9. The number of nitriles is 1. The molecule has 3 aromatic heterocycles. The fourth-order valence-electron chi connectivity index (χ4n) is 1.99. The number of esters is 1. The van der Waals surface area contributed by atoms with Crippen molar-refractivity contribution < 1.29 is 18.7 Å². The average Bonchev–Trinajstić information content (AvgIpc) is 3.34. The molecule has 0 aromatic carbocycles. The minimum atomic E-state index is -0.742. The summed E-state index contributed by atoms with van der Waals surface area (Å²) in [6, 6.07) is 8.45. The Labute approximate surface area is 146 Å². The first-order valence-corrected chi connectivity index (χ1v) is 8.04. The van der Waals surface area contributed by atoms with Crippen LogP contribution in [0.3, 0.4) is 0 Å². The SMILES string of the molecule is N#Cc1ccsc1NC(=O)COC(=O)c1ccc(Cn2cccn2)o1. The number of hydrogen-bond donors (Lipinski definition) is 1. The number of hydrogen-bond acceptors (Lipinski definition) is 7. The molecule has 0 atom stereocenters. The number of ether oxygens (including phenoxy) is 1. The molecule has 0 fully saturated rings. The third kappa shape index (κ3) is 4.13. The van der Waals surface area contributed by atoms with E-state index in [4.69, 9.17) is 14.4 Å². The Morgan fingerprint density at radius 1 is 1.40 bits per heavy atom. The van der Waals surface area contributed by atoms with Crippen LogP contribution in [-0.2, 0) is 16.1 Å². The zero-order chi connectivity index (χ0) is 17.6. The van der Waals surface area contributed by atoms with Gasteiger partial charge in [0.25, 0.3) is 5.91 Å². The standard InChI is InChI=1S/C16H12N4O4S/c17-8-11-4-7-25-15(11)19-14(21)10-23-16(22)13-3-2-12(24-13)9-20-6-1-5-18-20/h1-7H,9-10H2,(H,19,21). The van der Waals surface area contributed by atoms with Gasteiger partial charge in [-0.1, -0.05) is 0 Å². The lowest BCUT2D eigenvalue weighted by atomic mass is 10.3. The van der Waals surface area contributed by atoms with Crippen molar-refractivity contribution in [1.82, 2.24) is 9.78 Å². The summed E-state index contributed by atoms with van der Waals surface area (Å²) in [6.45, 7) is -0.0904. The Morgan fingerprint density at radius 2 is 2.28 bits per heavy atom. The summed E-state index contributed by atoms with van der Waals surface area (Å²) in [6.07, 6.45) is 3.41. The molecular weight excluding hydrogens is 344 g/mol. The molecule has 0 aliphatic rings. The third-order valence-electron chi connectivity index (χ3n) is 3.11. The van der Waals surface area contributed by atoms with E-state index in [-0.39, 0.29) is 5.76 Å². The van der Waals surface area contributed by atoms with E-state index in [2.05, 4.69) is 10.4 Å². The maximum absolute atomic E-state index is 11.9. The van der Waals surface area contributed by atoms with Crippen LogP contribution in [0.25, 0.3) is 0 Å². The van der Waals surface area contributed by atoms with Gasteiger partial charge in [0.15, 0.2) is 6.61 Å². The summed E-state index contributed by atoms with van der Waals surface area (Å²) in [5.41, 5.74) is 0.360. The Bertz CT molecular complexity index is 920. The van der Waals surface area contributed by atoms with Crippen LogP contribution in [0.15, 0.2) is 46.5 Å². The Morgan fingerprint density at radius 3 is 3.04 bits per heavy atom. The summed E-state index contributed by atoms with van der Waals surface area (Å²) in [5.74, 6) is -0.731. The van der Waals surface area contributed by atoms with Gasteiger partial charge in [0.05, 0.1) is 12.1 Å². The van der Waals surface area contributed by atoms with Crippen molar-refractivity contribution in [3.63, 3.8) is 0 Å². The molecule has 0 radical (unpaired) electrons. The minimum absolute atomic E-state index is 0.00351. The first-order valence-electron chi connectivity index (χ1n) is 7.16. The predicted molar refractivity (Wildman–Crippen MR) is 88.0 cm³/mol. The van der Waals surface area contributed by atoms with Crippen LogP contribution in [0, 0.1) is 11.3 Å². The zero-order valence-corrected chi connectivity index (χ0v) is 13.7. The van der Waals surface area contributed by atoms with Gasteiger partial charge in [-0.25, -0.2) is 4.79 Å². The summed E-state index contributed by atoms with van der Waals surface area (Å²) < 4.78 is 11.9. The highest BCUT2D eigenvalue weighted by Gasteiger charge is 2.16. The fourth-order valence-corrected chi connectivity index (χ4v) is 2.74. The molecule has 0 spiro atoms. The first-order chi connectivity index (χ1) is 12.2. The lowest BCUT2D eigenvalue weighted by Gasteiger charge is -2.04. The Kier molecular flexibility index (Phi) is 4.92. The van der Waals surface area contributed by atoms with Crippen LogP contribution in [-0.4, -0.2) is 28.3 Å². The highest BCUT2D eigenvalue weighted by Crippen LogP contribution is 2.21. The molecule has 8 nitrogen and oxygen atoms in total. The molecule has 9 heteroatoms. The topological polar surface area (TPSA) is 110 Å². The van der Waals surface area contributed by atoms with Crippen molar-refractivity contribution >= 4 is 28.2 Å². The lowest BCUT2D eigenvalue weighted by Crippen LogP contribution is -2.20. The molecular formula is C16H12N4O4S. The van der Waals surface area contributed by atoms with E-state index >= 15 is 0 Å². The number of nitrogens with zero attached hydrogens (tertiary/aromatic N) is 3. The van der Waals surface area contributed by atoms with Crippen molar-refractivity contribution in [3.05, 3.63) is 59.1 Å². The van der Waals surface area contributed by atoms with Gasteiger partial charge in [0, 0.05) is 12.4 Å². The molecule has 126 valence electrons. The molecule has 0 bridgehead atoms. The number of carbonyl (C=O) groups excluding carboxylic acids is 2. The summed E-state index contributed by atoms with van der Waals surface area (Å²) in [4.78, 5) is 23.7. The van der Waals surface area contributed by atoms with Gasteiger partial charge in [-0.05, 0) is 29.6 Å². The number of furan rings is 1. The van der Waals surface area contributed by atoms with Gasteiger partial charge in [-0.15, -0.1) is 11.3 Å². The largest absolute Gasteiger partial charge is 0.452 e. The van der Waals surface area contributed by atoms with E-state index in [0.29, 0.717) is 22.9 Å². The quantitative estimate of drug-likeness (QED) is 0.678. The van der Waals surface area contributed by atoms with Crippen molar-refractivity contribution in [3.8, 4) is 6.07 Å². The van der Waals surface area contributed by atoms with Crippen molar-refractivity contribution in [1.29, 1.82) is 5.26 Å². The highest BCUT2D eigenvalue weighted by atomic mass is 32.1. The lowest BCUT2D eigenvalue weighted by molar-refractivity contribution is -0.119. The van der Waals surface area contributed by atoms with E-state index in [1.54, 1.807) is 40.7 Å². The maximum Gasteiger partial charge on any atom is 0.374 e. The number of rotatable bonds is 6. The van der Waals surface area contributed by atoms with Crippen molar-refractivity contribution in [2.24, 2.45) is 0 Å². The number of anilines is 1. The van der Waals surface area contributed by atoms with E-state index in [1.807, 2.05) is 6.07 Å². The molecule has 3 aromatic rings. The zero-order valence-electron chi connectivity index (χ0n) is 12.8. The Hall–Kier alpha value is -3.38. The number of thiophene rings is 1. The number of nitrogens with one attached hydrogen (secondary N) is 1. The molecule has 0 saturated carbocycles.